The Balaban J connectivity index is 2.97. The maximum absolute atomic E-state index is 11.8. The first-order valence-corrected chi connectivity index (χ1v) is 3.70. The van der Waals surface area contributed by atoms with Crippen LogP contribution in [0, 0.1) is 5.39 Å². The highest BCUT2D eigenvalue weighted by Crippen LogP contribution is 2.32. The van der Waals surface area contributed by atoms with Crippen molar-refractivity contribution >= 4 is 17.3 Å². The van der Waals surface area contributed by atoms with Crippen molar-refractivity contribution in [1.82, 2.24) is 0 Å². The molecule has 14 heavy (non-hydrogen) atoms. The van der Waals surface area contributed by atoms with E-state index in [2.05, 4.69) is 9.71 Å². The van der Waals surface area contributed by atoms with Crippen LogP contribution in [0.3, 0.4) is 0 Å². The molecule has 1 aromatic rings. The first-order chi connectivity index (χ1) is 6.42. The van der Waals surface area contributed by atoms with Gasteiger partial charge in [-0.3, -0.25) is 0 Å². The van der Waals surface area contributed by atoms with Crippen molar-refractivity contribution in [3.63, 3.8) is 0 Å². The molecule has 0 heterocycles. The summed E-state index contributed by atoms with van der Waals surface area (Å²) >= 11 is 5.42. The van der Waals surface area contributed by atoms with Crippen LogP contribution in [0.25, 0.3) is 4.98 Å². The molecule has 0 amide bonds. The molecule has 0 saturated heterocycles. The van der Waals surface area contributed by atoms with Crippen LogP contribution in [0.5, 0.6) is 5.75 Å². The van der Waals surface area contributed by atoms with Gasteiger partial charge in [-0.15, -0.1) is 13.2 Å². The summed E-state index contributed by atoms with van der Waals surface area (Å²) < 4.78 is 38.8. The molecule has 7 heteroatoms. The first-order valence-electron chi connectivity index (χ1n) is 3.33. The maximum atomic E-state index is 11.8. The Morgan fingerprint density at radius 2 is 2.00 bits per heavy atom. The number of benzene rings is 1. The quantitative estimate of drug-likeness (QED) is 0.681. The van der Waals surface area contributed by atoms with Gasteiger partial charge in [-0.2, -0.15) is 0 Å². The second kappa shape index (κ2) is 3.72. The van der Waals surface area contributed by atoms with Crippen LogP contribution in [0.15, 0.2) is 18.2 Å². The lowest BCUT2D eigenvalue weighted by Gasteiger charge is -2.08. The zero-order valence-electron chi connectivity index (χ0n) is 6.55. The molecule has 0 aromatic heterocycles. The number of hydrogen-bond donors (Lipinski definition) is 0. The van der Waals surface area contributed by atoms with Crippen LogP contribution in [0.2, 0.25) is 5.02 Å². The molecule has 74 valence electrons. The number of nitrogens with zero attached hydrogens (tertiary/aromatic N) is 2. The summed E-state index contributed by atoms with van der Waals surface area (Å²) in [5, 5.41) is 8.01. The van der Waals surface area contributed by atoms with E-state index in [-0.39, 0.29) is 10.7 Å². The predicted octanol–water partition coefficient (Wildman–Crippen LogP) is 3.72. The van der Waals surface area contributed by atoms with Crippen LogP contribution < -0.4 is 4.74 Å². The lowest BCUT2D eigenvalue weighted by atomic mass is 10.3. The van der Waals surface area contributed by atoms with Gasteiger partial charge in [0.1, 0.15) is 5.75 Å². The van der Waals surface area contributed by atoms with Crippen molar-refractivity contribution in [3.8, 4) is 5.75 Å². The zero-order valence-corrected chi connectivity index (χ0v) is 7.30. The van der Waals surface area contributed by atoms with E-state index in [1.165, 1.54) is 0 Å². The average molecular weight is 224 g/mol. The van der Waals surface area contributed by atoms with Crippen LogP contribution in [0.1, 0.15) is 0 Å². The molecule has 0 N–H and O–H groups in total. The highest BCUT2D eigenvalue weighted by atomic mass is 35.5. The monoisotopic (exact) mass is 223 g/mol. The van der Waals surface area contributed by atoms with Gasteiger partial charge in [0.25, 0.3) is 0 Å². The van der Waals surface area contributed by atoms with Gasteiger partial charge < -0.3 is 4.74 Å². The van der Waals surface area contributed by atoms with Crippen LogP contribution in [0.4, 0.5) is 18.9 Å². The van der Waals surface area contributed by atoms with Crippen LogP contribution in [-0.2, 0) is 0 Å². The normalized spacial score (nSPS) is 10.8. The highest BCUT2D eigenvalue weighted by Gasteiger charge is 2.32. The molecule has 0 aliphatic heterocycles. The Labute approximate surface area is 81.7 Å². The summed E-state index contributed by atoms with van der Waals surface area (Å²) in [4.78, 5) is 2.75. The fraction of sp³-hybridized carbons (Fsp3) is 0.143. The Morgan fingerprint density at radius 1 is 1.36 bits per heavy atom. The molecule has 1 aromatic carbocycles. The van der Waals surface area contributed by atoms with E-state index >= 15 is 0 Å². The van der Waals surface area contributed by atoms with Gasteiger partial charge in [-0.1, -0.05) is 11.6 Å². The lowest BCUT2D eigenvalue weighted by molar-refractivity contribution is -0.274. The average Bonchev–Trinajstić information content (AvgIpc) is 2.06. The third-order valence-electron chi connectivity index (χ3n) is 1.26. The molecule has 1 rings (SSSR count). The summed E-state index contributed by atoms with van der Waals surface area (Å²) in [5.74, 6) is -0.536. The summed E-state index contributed by atoms with van der Waals surface area (Å²) in [7, 11) is 0. The van der Waals surface area contributed by atoms with Crippen molar-refractivity contribution in [2.75, 3.05) is 0 Å². The minimum absolute atomic E-state index is 0.0459. The molecule has 0 saturated carbocycles. The minimum Gasteiger partial charge on any atom is -0.404 e. The zero-order chi connectivity index (χ0) is 10.8. The van der Waals surface area contributed by atoms with E-state index in [1.807, 2.05) is 0 Å². The molecule has 0 aliphatic rings. The van der Waals surface area contributed by atoms with Gasteiger partial charge in [0.15, 0.2) is 4.98 Å². The number of alkyl halides is 3. The lowest BCUT2D eigenvalue weighted by Crippen LogP contribution is -2.17. The summed E-state index contributed by atoms with van der Waals surface area (Å²) in [6, 6.07) is 3.14. The Kier molecular flexibility index (Phi) is 2.81. The van der Waals surface area contributed by atoms with Crippen molar-refractivity contribution in [3.05, 3.63) is 28.2 Å². The van der Waals surface area contributed by atoms with Crippen molar-refractivity contribution in [1.29, 1.82) is 5.39 Å². The van der Waals surface area contributed by atoms with Gasteiger partial charge in [-0.25, -0.2) is 0 Å². The van der Waals surface area contributed by atoms with Gasteiger partial charge in [-0.05, 0) is 6.07 Å². The summed E-state index contributed by atoms with van der Waals surface area (Å²) in [6.45, 7) is 0. The van der Waals surface area contributed by atoms with E-state index in [0.29, 0.717) is 0 Å². The number of hydrogen-bond acceptors (Lipinski definition) is 2. The van der Waals surface area contributed by atoms with Crippen LogP contribution >= 0.6 is 11.6 Å². The van der Waals surface area contributed by atoms with E-state index < -0.39 is 12.1 Å². The molecule has 0 atom stereocenters. The smallest absolute Gasteiger partial charge is 0.404 e. The first kappa shape index (κ1) is 10.6. The van der Waals surface area contributed by atoms with E-state index in [9.17, 15) is 13.2 Å². The highest BCUT2D eigenvalue weighted by molar-refractivity contribution is 6.32. The second-order valence-corrected chi connectivity index (χ2v) is 2.67. The van der Waals surface area contributed by atoms with Gasteiger partial charge in [0.05, 0.1) is 11.1 Å². The number of diazo groups is 1. The van der Waals surface area contributed by atoms with Crippen molar-refractivity contribution in [2.45, 2.75) is 6.36 Å². The fourth-order valence-corrected chi connectivity index (χ4v) is 0.973. The number of rotatable bonds is 1. The molecule has 0 bridgehead atoms. The predicted molar refractivity (Wildman–Crippen MR) is 42.9 cm³/mol. The van der Waals surface area contributed by atoms with Crippen molar-refractivity contribution < 1.29 is 17.9 Å². The summed E-state index contributed by atoms with van der Waals surface area (Å²) in [6.07, 6.45) is -4.79. The van der Waals surface area contributed by atoms with Gasteiger partial charge >= 0.3 is 12.0 Å². The Bertz CT molecular complexity index is 386. The SMILES string of the molecule is N#[N+]c1ccc(OC(F)(F)F)c(Cl)c1. The minimum atomic E-state index is -4.79. The standard InChI is InChI=1S/C7H3ClF3N2O/c8-5-3-4(13-12)1-2-6(5)14-7(9,10)11/h1-3H/q+1. The van der Waals surface area contributed by atoms with Crippen LogP contribution in [-0.4, -0.2) is 6.36 Å². The second-order valence-electron chi connectivity index (χ2n) is 2.26. The molecule has 3 nitrogen and oxygen atoms in total. The van der Waals surface area contributed by atoms with E-state index in [1.54, 1.807) is 0 Å². The number of ether oxygens (including phenoxy) is 1. The maximum Gasteiger partial charge on any atom is 0.573 e. The summed E-state index contributed by atoms with van der Waals surface area (Å²) in [5.41, 5.74) is 0.0459. The molecular weight excluding hydrogens is 221 g/mol. The Morgan fingerprint density at radius 3 is 2.43 bits per heavy atom. The fourth-order valence-electron chi connectivity index (χ4n) is 0.759. The third-order valence-corrected chi connectivity index (χ3v) is 1.55. The van der Waals surface area contributed by atoms with Gasteiger partial charge in [0.2, 0.25) is 5.39 Å². The molecule has 0 unspecified atom stereocenters. The molecule has 0 fully saturated rings. The molecular formula is C7H3ClF3N2O+. The third kappa shape index (κ3) is 2.78. The molecule has 0 spiro atoms. The van der Waals surface area contributed by atoms with Gasteiger partial charge in [0, 0.05) is 6.07 Å². The van der Waals surface area contributed by atoms with Crippen molar-refractivity contribution in [2.24, 2.45) is 0 Å². The van der Waals surface area contributed by atoms with E-state index in [4.69, 9.17) is 17.0 Å². The van der Waals surface area contributed by atoms with E-state index in [0.717, 1.165) is 18.2 Å². The molecule has 0 aliphatic carbocycles. The molecule has 0 radical (unpaired) electrons. The number of halogens is 4. The Hall–Kier alpha value is -1.48. The topological polar surface area (TPSA) is 37.4 Å². The largest absolute Gasteiger partial charge is 0.573 e.